The molecular formula is C15H20F3NO2. The lowest BCUT2D eigenvalue weighted by Crippen LogP contribution is -2.25. The van der Waals surface area contributed by atoms with E-state index >= 15 is 0 Å². The van der Waals surface area contributed by atoms with Gasteiger partial charge in [0.2, 0.25) is 0 Å². The van der Waals surface area contributed by atoms with Crippen LogP contribution >= 0.6 is 0 Å². The van der Waals surface area contributed by atoms with Gasteiger partial charge in [-0.2, -0.15) is 13.2 Å². The average Bonchev–Trinajstić information content (AvgIpc) is 2.43. The predicted molar refractivity (Wildman–Crippen MR) is 73.3 cm³/mol. The van der Waals surface area contributed by atoms with Gasteiger partial charge in [0.05, 0.1) is 0 Å². The van der Waals surface area contributed by atoms with E-state index < -0.39 is 19.6 Å². The second kappa shape index (κ2) is 7.13. The molecule has 0 aliphatic heterocycles. The summed E-state index contributed by atoms with van der Waals surface area (Å²) in [6.45, 7) is 1.24. The standard InChI is InChI=1S/C15H20F3NO2/c1-2-19-14-5-3-4-11-6-7-12(8-13(11)14)21-10-20-9-15(16,17)18/h6-8,14,19H,2-5,9-10H2,1H3. The normalized spacial score (nSPS) is 18.4. The number of fused-ring (bicyclic) bond motifs is 1. The van der Waals surface area contributed by atoms with Gasteiger partial charge in [0.15, 0.2) is 6.79 Å². The maximum absolute atomic E-state index is 12.0. The molecule has 1 atom stereocenters. The second-order valence-electron chi connectivity index (χ2n) is 5.09. The quantitative estimate of drug-likeness (QED) is 0.643. The average molecular weight is 303 g/mol. The van der Waals surface area contributed by atoms with Crippen molar-refractivity contribution in [3.63, 3.8) is 0 Å². The molecule has 0 aromatic heterocycles. The minimum Gasteiger partial charge on any atom is -0.468 e. The Bertz CT molecular complexity index is 463. The molecule has 1 unspecified atom stereocenters. The first-order valence-electron chi connectivity index (χ1n) is 7.13. The largest absolute Gasteiger partial charge is 0.468 e. The summed E-state index contributed by atoms with van der Waals surface area (Å²) in [6.07, 6.45) is -1.09. The number of benzene rings is 1. The van der Waals surface area contributed by atoms with Crippen LogP contribution in [0.4, 0.5) is 13.2 Å². The van der Waals surface area contributed by atoms with E-state index in [9.17, 15) is 13.2 Å². The van der Waals surface area contributed by atoms with E-state index in [1.165, 1.54) is 11.1 Å². The zero-order valence-electron chi connectivity index (χ0n) is 12.0. The molecule has 0 saturated carbocycles. The van der Waals surface area contributed by atoms with Gasteiger partial charge in [-0.1, -0.05) is 13.0 Å². The van der Waals surface area contributed by atoms with Gasteiger partial charge in [-0.05, 0) is 49.1 Å². The third-order valence-electron chi connectivity index (χ3n) is 3.46. The second-order valence-corrected chi connectivity index (χ2v) is 5.09. The Labute approximate surface area is 122 Å². The molecule has 2 rings (SSSR count). The van der Waals surface area contributed by atoms with Crippen molar-refractivity contribution in [2.45, 2.75) is 38.4 Å². The molecule has 0 saturated heterocycles. The van der Waals surface area contributed by atoms with Gasteiger partial charge in [-0.25, -0.2) is 0 Å². The van der Waals surface area contributed by atoms with E-state index in [0.29, 0.717) is 11.8 Å². The molecule has 0 radical (unpaired) electrons. The van der Waals surface area contributed by atoms with Crippen LogP contribution in [0.3, 0.4) is 0 Å². The Morgan fingerprint density at radius 2 is 2.14 bits per heavy atom. The first kappa shape index (κ1) is 16.1. The minimum absolute atomic E-state index is 0.290. The van der Waals surface area contributed by atoms with E-state index in [4.69, 9.17) is 4.74 Å². The van der Waals surface area contributed by atoms with Crippen LogP contribution in [-0.4, -0.2) is 26.1 Å². The maximum Gasteiger partial charge on any atom is 0.411 e. The van der Waals surface area contributed by atoms with Gasteiger partial charge in [0.25, 0.3) is 0 Å². The lowest BCUT2D eigenvalue weighted by Gasteiger charge is -2.26. The molecule has 0 fully saturated rings. The summed E-state index contributed by atoms with van der Waals surface area (Å²) in [7, 11) is 0. The lowest BCUT2D eigenvalue weighted by atomic mass is 9.87. The fraction of sp³-hybridized carbons (Fsp3) is 0.600. The lowest BCUT2D eigenvalue weighted by molar-refractivity contribution is -0.186. The van der Waals surface area contributed by atoms with E-state index in [-0.39, 0.29) is 0 Å². The molecular weight excluding hydrogens is 283 g/mol. The van der Waals surface area contributed by atoms with Crippen molar-refractivity contribution in [3.8, 4) is 5.75 Å². The van der Waals surface area contributed by atoms with Crippen LogP contribution in [-0.2, 0) is 11.2 Å². The number of nitrogens with one attached hydrogen (secondary N) is 1. The smallest absolute Gasteiger partial charge is 0.411 e. The fourth-order valence-corrected chi connectivity index (χ4v) is 2.59. The molecule has 1 N–H and O–H groups in total. The molecule has 1 aromatic carbocycles. The maximum atomic E-state index is 12.0. The number of aryl methyl sites for hydroxylation is 1. The summed E-state index contributed by atoms with van der Waals surface area (Å²) in [5, 5.41) is 3.42. The topological polar surface area (TPSA) is 30.5 Å². The molecule has 0 bridgehead atoms. The van der Waals surface area contributed by atoms with Crippen LogP contribution in [0.1, 0.15) is 36.9 Å². The highest BCUT2D eigenvalue weighted by atomic mass is 19.4. The summed E-state index contributed by atoms with van der Waals surface area (Å²) in [5.41, 5.74) is 2.45. The highest BCUT2D eigenvalue weighted by Gasteiger charge is 2.27. The van der Waals surface area contributed by atoms with Crippen molar-refractivity contribution in [2.24, 2.45) is 0 Å². The number of rotatable bonds is 6. The number of hydrogen-bond donors (Lipinski definition) is 1. The summed E-state index contributed by atoms with van der Waals surface area (Å²) in [5.74, 6) is 0.542. The van der Waals surface area contributed by atoms with Crippen LogP contribution in [0.25, 0.3) is 0 Å². The SMILES string of the molecule is CCNC1CCCc2ccc(OCOCC(F)(F)F)cc21. The third kappa shape index (κ3) is 4.89. The van der Waals surface area contributed by atoms with Gasteiger partial charge >= 0.3 is 6.18 Å². The first-order valence-corrected chi connectivity index (χ1v) is 7.13. The Morgan fingerprint density at radius 1 is 1.33 bits per heavy atom. The predicted octanol–water partition coefficient (Wildman–Crippen LogP) is 3.59. The first-order chi connectivity index (χ1) is 9.99. The van der Waals surface area contributed by atoms with Gasteiger partial charge in [0, 0.05) is 6.04 Å². The van der Waals surface area contributed by atoms with Gasteiger partial charge in [-0.3, -0.25) is 0 Å². The highest BCUT2D eigenvalue weighted by molar-refractivity contribution is 5.39. The molecule has 6 heteroatoms. The van der Waals surface area contributed by atoms with Crippen molar-refractivity contribution < 1.29 is 22.6 Å². The zero-order valence-corrected chi connectivity index (χ0v) is 12.0. The van der Waals surface area contributed by atoms with Crippen molar-refractivity contribution in [1.82, 2.24) is 5.32 Å². The van der Waals surface area contributed by atoms with Crippen LogP contribution in [0.2, 0.25) is 0 Å². The van der Waals surface area contributed by atoms with E-state index in [2.05, 4.69) is 17.0 Å². The van der Waals surface area contributed by atoms with Gasteiger partial charge in [-0.15, -0.1) is 0 Å². The van der Waals surface area contributed by atoms with Crippen LogP contribution in [0.15, 0.2) is 18.2 Å². The molecule has 3 nitrogen and oxygen atoms in total. The summed E-state index contributed by atoms with van der Waals surface area (Å²) >= 11 is 0. The fourth-order valence-electron chi connectivity index (χ4n) is 2.59. The number of hydrogen-bond acceptors (Lipinski definition) is 3. The number of alkyl halides is 3. The van der Waals surface area contributed by atoms with Crippen LogP contribution in [0.5, 0.6) is 5.75 Å². The molecule has 0 spiro atoms. The van der Waals surface area contributed by atoms with E-state index in [1.807, 2.05) is 12.1 Å². The summed E-state index contributed by atoms with van der Waals surface area (Å²) in [4.78, 5) is 0. The van der Waals surface area contributed by atoms with Crippen LogP contribution in [0, 0.1) is 0 Å². The van der Waals surface area contributed by atoms with Crippen molar-refractivity contribution >= 4 is 0 Å². The molecule has 1 aliphatic rings. The molecule has 0 heterocycles. The van der Waals surface area contributed by atoms with Crippen molar-refractivity contribution in [2.75, 3.05) is 19.9 Å². The summed E-state index contributed by atoms with van der Waals surface area (Å²) in [6, 6.07) is 5.96. The number of halogens is 3. The van der Waals surface area contributed by atoms with Crippen molar-refractivity contribution in [1.29, 1.82) is 0 Å². The van der Waals surface area contributed by atoms with Gasteiger partial charge < -0.3 is 14.8 Å². The number of ether oxygens (including phenoxy) is 2. The summed E-state index contributed by atoms with van der Waals surface area (Å²) < 4.78 is 45.6. The molecule has 118 valence electrons. The van der Waals surface area contributed by atoms with E-state index in [0.717, 1.165) is 25.8 Å². The van der Waals surface area contributed by atoms with E-state index in [1.54, 1.807) is 6.07 Å². The monoisotopic (exact) mass is 303 g/mol. The molecule has 0 amide bonds. The minimum atomic E-state index is -4.32. The highest BCUT2D eigenvalue weighted by Crippen LogP contribution is 2.32. The van der Waals surface area contributed by atoms with Crippen LogP contribution < -0.4 is 10.1 Å². The van der Waals surface area contributed by atoms with Gasteiger partial charge in [0.1, 0.15) is 12.4 Å². The Balaban J connectivity index is 1.94. The van der Waals surface area contributed by atoms with Crippen molar-refractivity contribution in [3.05, 3.63) is 29.3 Å². The molecule has 21 heavy (non-hydrogen) atoms. The zero-order chi connectivity index (χ0) is 15.3. The third-order valence-corrected chi connectivity index (χ3v) is 3.46. The molecule has 1 aromatic rings. The Morgan fingerprint density at radius 3 is 2.86 bits per heavy atom. The Hall–Kier alpha value is -1.27. The molecule has 1 aliphatic carbocycles. The Kier molecular flexibility index (Phi) is 5.47.